The van der Waals surface area contributed by atoms with Gasteiger partial charge in [0.15, 0.2) is 0 Å². The number of nitrogens with one attached hydrogen (secondary N) is 1. The van der Waals surface area contributed by atoms with Crippen LogP contribution in [0.3, 0.4) is 0 Å². The number of ether oxygens (including phenoxy) is 1. The molecular weight excluding hydrogens is 334 g/mol. The van der Waals surface area contributed by atoms with Crippen molar-refractivity contribution in [2.24, 2.45) is 0 Å². The fourth-order valence-corrected chi connectivity index (χ4v) is 2.54. The molecule has 1 aromatic heterocycles. The highest BCUT2D eigenvalue weighted by atomic mass is 16.5. The molecule has 1 amide bonds. The number of hydrogen-bond acceptors (Lipinski definition) is 5. The Bertz CT molecular complexity index is 954. The van der Waals surface area contributed by atoms with Gasteiger partial charge in [-0.3, -0.25) is 9.59 Å². The van der Waals surface area contributed by atoms with Gasteiger partial charge in [0.1, 0.15) is 18.2 Å². The normalized spacial score (nSPS) is 10.1. The van der Waals surface area contributed by atoms with Gasteiger partial charge >= 0.3 is 5.97 Å². The first-order valence-corrected chi connectivity index (χ1v) is 8.05. The summed E-state index contributed by atoms with van der Waals surface area (Å²) in [5.74, 6) is -0.920. The summed E-state index contributed by atoms with van der Waals surface area (Å²) in [5, 5.41) is 11.7. The lowest BCUT2D eigenvalue weighted by molar-refractivity contribution is -0.116. The van der Waals surface area contributed by atoms with Gasteiger partial charge in [-0.1, -0.05) is 6.07 Å². The molecule has 0 bridgehead atoms. The molecule has 1 heterocycles. The van der Waals surface area contributed by atoms with Crippen LogP contribution in [0.25, 0.3) is 0 Å². The second kappa shape index (κ2) is 8.12. The molecule has 0 radical (unpaired) electrons. The fraction of sp³-hybridized carbons (Fsp3) is 0.263. The molecule has 7 heteroatoms. The highest BCUT2D eigenvalue weighted by molar-refractivity contribution is 5.94. The number of rotatable bonds is 5. The molecular formula is C19H19N3O4. The number of nitrogens with zero attached hydrogens (tertiary/aromatic N) is 2. The number of aryl methyl sites for hydroxylation is 2. The van der Waals surface area contributed by atoms with Gasteiger partial charge in [0.2, 0.25) is 5.91 Å². The predicted molar refractivity (Wildman–Crippen MR) is 95.9 cm³/mol. The minimum atomic E-state index is -0.500. The molecule has 2 rings (SSSR count). The number of benzene rings is 1. The van der Waals surface area contributed by atoms with Crippen molar-refractivity contribution >= 4 is 17.6 Å². The monoisotopic (exact) mass is 353 g/mol. The van der Waals surface area contributed by atoms with E-state index in [2.05, 4.69) is 5.32 Å². The van der Waals surface area contributed by atoms with Crippen molar-refractivity contribution < 1.29 is 14.3 Å². The van der Waals surface area contributed by atoms with Crippen molar-refractivity contribution in [3.8, 4) is 6.07 Å². The van der Waals surface area contributed by atoms with Crippen molar-refractivity contribution in [2.45, 2.75) is 27.3 Å². The lowest BCUT2D eigenvalue weighted by atomic mass is 10.1. The second-order valence-electron chi connectivity index (χ2n) is 5.70. The maximum atomic E-state index is 12.3. The van der Waals surface area contributed by atoms with Crippen molar-refractivity contribution in [2.75, 3.05) is 11.9 Å². The van der Waals surface area contributed by atoms with E-state index in [1.165, 1.54) is 10.6 Å². The Morgan fingerprint density at radius 2 is 2.00 bits per heavy atom. The third-order valence-electron chi connectivity index (χ3n) is 3.78. The molecule has 26 heavy (non-hydrogen) atoms. The van der Waals surface area contributed by atoms with Crippen LogP contribution in [0.15, 0.2) is 35.1 Å². The lowest BCUT2D eigenvalue weighted by Crippen LogP contribution is -2.31. The van der Waals surface area contributed by atoms with Gasteiger partial charge in [0.05, 0.1) is 12.2 Å². The lowest BCUT2D eigenvalue weighted by Gasteiger charge is -2.12. The Morgan fingerprint density at radius 1 is 1.27 bits per heavy atom. The molecule has 0 unspecified atom stereocenters. The van der Waals surface area contributed by atoms with Crippen molar-refractivity contribution in [3.63, 3.8) is 0 Å². The number of aromatic nitrogens is 1. The van der Waals surface area contributed by atoms with E-state index in [0.29, 0.717) is 22.5 Å². The van der Waals surface area contributed by atoms with Gasteiger partial charge in [-0.25, -0.2) is 4.79 Å². The summed E-state index contributed by atoms with van der Waals surface area (Å²) in [7, 11) is 0. The van der Waals surface area contributed by atoms with Crippen LogP contribution in [0, 0.1) is 25.2 Å². The maximum absolute atomic E-state index is 12.3. The molecule has 0 fully saturated rings. The minimum absolute atomic E-state index is 0.0210. The van der Waals surface area contributed by atoms with E-state index in [1.54, 1.807) is 45.0 Å². The SMILES string of the molecule is CCOC(=O)c1cccc(NC(=O)Cn2c(C)cc(C)c(C#N)c2=O)c1. The van der Waals surface area contributed by atoms with E-state index in [-0.39, 0.29) is 18.7 Å². The topological polar surface area (TPSA) is 101 Å². The molecule has 0 atom stereocenters. The molecule has 7 nitrogen and oxygen atoms in total. The molecule has 0 saturated carbocycles. The summed E-state index contributed by atoms with van der Waals surface area (Å²) in [6.45, 7) is 5.11. The number of carbonyl (C=O) groups excluding carboxylic acids is 2. The number of amides is 1. The highest BCUT2D eigenvalue weighted by Crippen LogP contribution is 2.12. The van der Waals surface area contributed by atoms with Crippen molar-refractivity contribution in [3.05, 3.63) is 63.1 Å². The van der Waals surface area contributed by atoms with E-state index >= 15 is 0 Å². The molecule has 2 aromatic rings. The van der Waals surface area contributed by atoms with E-state index < -0.39 is 17.4 Å². The Hall–Kier alpha value is -3.40. The Morgan fingerprint density at radius 3 is 2.65 bits per heavy atom. The van der Waals surface area contributed by atoms with Crippen LogP contribution in [0.2, 0.25) is 0 Å². The summed E-state index contributed by atoms with van der Waals surface area (Å²) in [6.07, 6.45) is 0. The molecule has 1 aromatic carbocycles. The van der Waals surface area contributed by atoms with Crippen molar-refractivity contribution in [1.82, 2.24) is 4.57 Å². The van der Waals surface area contributed by atoms with Crippen LogP contribution in [0.5, 0.6) is 0 Å². The van der Waals surface area contributed by atoms with Crippen LogP contribution in [0.4, 0.5) is 5.69 Å². The fourth-order valence-electron chi connectivity index (χ4n) is 2.54. The average molecular weight is 353 g/mol. The molecule has 1 N–H and O–H groups in total. The van der Waals surface area contributed by atoms with Gasteiger partial charge in [-0.15, -0.1) is 0 Å². The maximum Gasteiger partial charge on any atom is 0.338 e. The summed E-state index contributed by atoms with van der Waals surface area (Å²) in [5.41, 5.74) is 1.42. The third kappa shape index (κ3) is 4.16. The Labute approximate surface area is 150 Å². The number of hydrogen-bond donors (Lipinski definition) is 1. The zero-order valence-corrected chi connectivity index (χ0v) is 14.8. The van der Waals surface area contributed by atoms with Crippen LogP contribution in [-0.4, -0.2) is 23.1 Å². The van der Waals surface area contributed by atoms with Crippen LogP contribution < -0.4 is 10.9 Å². The van der Waals surface area contributed by atoms with Gasteiger partial charge < -0.3 is 14.6 Å². The Kier molecular flexibility index (Phi) is 5.91. The molecule has 134 valence electrons. The van der Waals surface area contributed by atoms with Gasteiger partial charge in [0, 0.05) is 11.4 Å². The first kappa shape index (κ1) is 18.9. The van der Waals surface area contributed by atoms with Gasteiger partial charge in [-0.2, -0.15) is 5.26 Å². The van der Waals surface area contributed by atoms with Crippen LogP contribution >= 0.6 is 0 Å². The zero-order chi connectivity index (χ0) is 19.3. The molecule has 0 saturated heterocycles. The average Bonchev–Trinajstić information content (AvgIpc) is 2.59. The Balaban J connectivity index is 2.21. The molecule has 0 aliphatic rings. The van der Waals surface area contributed by atoms with E-state index in [4.69, 9.17) is 10.00 Å². The summed E-state index contributed by atoms with van der Waals surface area (Å²) >= 11 is 0. The number of anilines is 1. The molecule has 0 spiro atoms. The third-order valence-corrected chi connectivity index (χ3v) is 3.78. The zero-order valence-electron chi connectivity index (χ0n) is 14.8. The quantitative estimate of drug-likeness (QED) is 0.830. The van der Waals surface area contributed by atoms with Crippen molar-refractivity contribution in [1.29, 1.82) is 5.26 Å². The second-order valence-corrected chi connectivity index (χ2v) is 5.70. The minimum Gasteiger partial charge on any atom is -0.462 e. The first-order chi connectivity index (χ1) is 12.4. The number of carbonyl (C=O) groups is 2. The largest absolute Gasteiger partial charge is 0.462 e. The standard InChI is InChI=1S/C19H19N3O4/c1-4-26-19(25)14-6-5-7-15(9-14)21-17(23)11-22-13(3)8-12(2)16(10-20)18(22)24/h5-9H,4,11H2,1-3H3,(H,21,23). The van der Waals surface area contributed by atoms with E-state index in [0.717, 1.165) is 0 Å². The van der Waals surface area contributed by atoms with Gasteiger partial charge in [-0.05, 0) is 50.6 Å². The van der Waals surface area contributed by atoms with Crippen LogP contribution in [0.1, 0.15) is 34.1 Å². The van der Waals surface area contributed by atoms with E-state index in [1.807, 2.05) is 6.07 Å². The van der Waals surface area contributed by atoms with E-state index in [9.17, 15) is 14.4 Å². The predicted octanol–water partition coefficient (Wildman–Crippen LogP) is 2.15. The van der Waals surface area contributed by atoms with Crippen LogP contribution in [-0.2, 0) is 16.1 Å². The van der Waals surface area contributed by atoms with Gasteiger partial charge in [0.25, 0.3) is 5.56 Å². The number of nitriles is 1. The molecule has 0 aliphatic carbocycles. The summed E-state index contributed by atoms with van der Waals surface area (Å²) in [6, 6.07) is 9.90. The number of esters is 1. The molecule has 0 aliphatic heterocycles. The number of pyridine rings is 1. The summed E-state index contributed by atoms with van der Waals surface area (Å²) < 4.78 is 6.17. The summed E-state index contributed by atoms with van der Waals surface area (Å²) in [4.78, 5) is 36.4. The smallest absolute Gasteiger partial charge is 0.338 e. The highest BCUT2D eigenvalue weighted by Gasteiger charge is 2.14. The first-order valence-electron chi connectivity index (χ1n) is 8.05.